The molecule has 0 atom stereocenters. The van der Waals surface area contributed by atoms with Gasteiger partial charge in [-0.15, -0.1) is 0 Å². The van der Waals surface area contributed by atoms with Gasteiger partial charge in [0.1, 0.15) is 0 Å². The van der Waals surface area contributed by atoms with Gasteiger partial charge in [-0.2, -0.15) is 0 Å². The molecule has 1 aliphatic carbocycles. The molecule has 1 nitrogen and oxygen atoms in total. The van der Waals surface area contributed by atoms with E-state index in [2.05, 4.69) is 131 Å². The van der Waals surface area contributed by atoms with Crippen LogP contribution in [0.15, 0.2) is 97.1 Å². The smallest absolute Gasteiger partial charge is 0.0775 e. The minimum absolute atomic E-state index is 0.00592. The maximum atomic E-state index is 5.12. The van der Waals surface area contributed by atoms with Crippen LogP contribution in [0.25, 0.3) is 44.4 Å². The van der Waals surface area contributed by atoms with Gasteiger partial charge in [0, 0.05) is 16.4 Å². The molecule has 0 spiro atoms. The fourth-order valence-corrected chi connectivity index (χ4v) is 6.65. The van der Waals surface area contributed by atoms with Gasteiger partial charge in [0.15, 0.2) is 0 Å². The van der Waals surface area contributed by atoms with Crippen molar-refractivity contribution in [1.29, 1.82) is 0 Å². The van der Waals surface area contributed by atoms with E-state index in [1.54, 1.807) is 0 Å². The zero-order valence-electron chi connectivity index (χ0n) is 21.2. The highest BCUT2D eigenvalue weighted by atomic mass is 28.3. The maximum absolute atomic E-state index is 5.12. The first-order valence-corrected chi connectivity index (χ1v) is 16.0. The summed E-state index contributed by atoms with van der Waals surface area (Å²) in [6.45, 7) is 11.8. The summed E-state index contributed by atoms with van der Waals surface area (Å²) < 4.78 is 0. The minimum atomic E-state index is -1.30. The maximum Gasteiger partial charge on any atom is 0.0775 e. The van der Waals surface area contributed by atoms with Crippen LogP contribution in [-0.2, 0) is 5.41 Å². The number of benzene rings is 4. The van der Waals surface area contributed by atoms with E-state index in [-0.39, 0.29) is 5.41 Å². The molecule has 0 bridgehead atoms. The first kappa shape index (κ1) is 22.0. The van der Waals surface area contributed by atoms with Crippen LogP contribution in [0.2, 0.25) is 19.6 Å². The number of hydrogen-bond donors (Lipinski definition) is 0. The van der Waals surface area contributed by atoms with Gasteiger partial charge in [0.2, 0.25) is 0 Å². The van der Waals surface area contributed by atoms with E-state index in [1.165, 1.54) is 49.5 Å². The first-order valence-electron chi connectivity index (χ1n) is 12.5. The van der Waals surface area contributed by atoms with Crippen LogP contribution in [0.1, 0.15) is 25.0 Å². The summed E-state index contributed by atoms with van der Waals surface area (Å²) in [5.41, 5.74) is 11.2. The Morgan fingerprint density at radius 1 is 0.600 bits per heavy atom. The fourth-order valence-electron chi connectivity index (χ4n) is 5.48. The highest BCUT2D eigenvalue weighted by Crippen LogP contribution is 2.49. The van der Waals surface area contributed by atoms with Crippen molar-refractivity contribution in [1.82, 2.24) is 4.98 Å². The molecule has 35 heavy (non-hydrogen) atoms. The molecule has 6 rings (SSSR count). The molecule has 2 heteroatoms. The zero-order chi connectivity index (χ0) is 24.4. The fraction of sp³-hybridized carbons (Fsp3) is 0.182. The van der Waals surface area contributed by atoms with E-state index < -0.39 is 8.07 Å². The molecule has 0 aliphatic heterocycles. The largest absolute Gasteiger partial charge is 0.248 e. The van der Waals surface area contributed by atoms with Crippen molar-refractivity contribution >= 4 is 24.2 Å². The molecule has 0 amide bonds. The Kier molecular flexibility index (Phi) is 4.88. The molecule has 5 aromatic rings. The predicted molar refractivity (Wildman–Crippen MR) is 153 cm³/mol. The second kappa shape index (κ2) is 7.76. The van der Waals surface area contributed by atoms with Gasteiger partial charge in [0.05, 0.1) is 19.3 Å². The third kappa shape index (κ3) is 3.64. The van der Waals surface area contributed by atoms with Gasteiger partial charge in [-0.05, 0) is 51.6 Å². The third-order valence-electron chi connectivity index (χ3n) is 7.66. The second-order valence-electron chi connectivity index (χ2n) is 11.4. The van der Waals surface area contributed by atoms with Crippen molar-refractivity contribution in [3.8, 4) is 33.5 Å². The molecule has 1 heterocycles. The van der Waals surface area contributed by atoms with Crippen molar-refractivity contribution < 1.29 is 0 Å². The molecule has 172 valence electrons. The number of rotatable bonds is 3. The topological polar surface area (TPSA) is 12.9 Å². The van der Waals surface area contributed by atoms with Crippen LogP contribution in [0, 0.1) is 0 Å². The van der Waals surface area contributed by atoms with E-state index in [4.69, 9.17) is 4.98 Å². The number of nitrogens with zero attached hydrogens (tertiary/aromatic N) is 1. The Morgan fingerprint density at radius 2 is 1.26 bits per heavy atom. The molecular weight excluding hydrogens is 438 g/mol. The number of fused-ring (bicyclic) bond motifs is 4. The van der Waals surface area contributed by atoms with Gasteiger partial charge < -0.3 is 0 Å². The van der Waals surface area contributed by atoms with Crippen molar-refractivity contribution in [3.63, 3.8) is 0 Å². The van der Waals surface area contributed by atoms with E-state index in [0.29, 0.717) is 0 Å². The highest BCUT2D eigenvalue weighted by molar-refractivity contribution is 6.88. The second-order valence-corrected chi connectivity index (χ2v) is 16.4. The average Bonchev–Trinajstić information content (AvgIpc) is 3.09. The van der Waals surface area contributed by atoms with E-state index in [0.717, 1.165) is 11.2 Å². The van der Waals surface area contributed by atoms with Gasteiger partial charge in [-0.3, -0.25) is 0 Å². The molecule has 0 saturated heterocycles. The van der Waals surface area contributed by atoms with Crippen LogP contribution in [-0.4, -0.2) is 13.1 Å². The molecule has 0 unspecified atom stereocenters. The van der Waals surface area contributed by atoms with Crippen LogP contribution in [0.5, 0.6) is 0 Å². The summed E-state index contributed by atoms with van der Waals surface area (Å²) in [4.78, 5) is 5.12. The standard InChI is InChI=1S/C33H31NSi/c1-33(2)29-9-7-6-8-27(29)28-18-14-25(20-30(28)33)31-19-15-23-10-11-24(21-32(23)34-31)22-12-16-26(17-13-22)35(3,4)5/h6-21H,1-5H3. The lowest BCUT2D eigenvalue weighted by Crippen LogP contribution is -2.37. The van der Waals surface area contributed by atoms with E-state index in [9.17, 15) is 0 Å². The zero-order valence-corrected chi connectivity index (χ0v) is 22.2. The van der Waals surface area contributed by atoms with Crippen LogP contribution >= 0.6 is 0 Å². The SMILES string of the molecule is CC1(C)c2ccccc2-c2ccc(-c3ccc4ccc(-c5ccc([Si](C)(C)C)cc5)cc4n3)cc21. The van der Waals surface area contributed by atoms with Crippen molar-refractivity contribution in [3.05, 3.63) is 108 Å². The Hall–Kier alpha value is -3.49. The molecule has 0 saturated carbocycles. The molecule has 4 aromatic carbocycles. The van der Waals surface area contributed by atoms with Crippen LogP contribution < -0.4 is 5.19 Å². The number of aromatic nitrogens is 1. The van der Waals surface area contributed by atoms with Crippen molar-refractivity contribution in [2.75, 3.05) is 0 Å². The van der Waals surface area contributed by atoms with Gasteiger partial charge in [-0.1, -0.05) is 118 Å². The van der Waals surface area contributed by atoms with Crippen molar-refractivity contribution in [2.24, 2.45) is 0 Å². The quantitative estimate of drug-likeness (QED) is 0.242. The summed E-state index contributed by atoms with van der Waals surface area (Å²) in [6, 6.07) is 35.8. The van der Waals surface area contributed by atoms with Crippen LogP contribution in [0.3, 0.4) is 0 Å². The summed E-state index contributed by atoms with van der Waals surface area (Å²) in [7, 11) is -1.30. The predicted octanol–water partition coefficient (Wildman–Crippen LogP) is 8.42. The lowest BCUT2D eigenvalue weighted by molar-refractivity contribution is 0.660. The molecular formula is C33H31NSi. The lowest BCUT2D eigenvalue weighted by Gasteiger charge is -2.21. The van der Waals surface area contributed by atoms with E-state index >= 15 is 0 Å². The first-order chi connectivity index (χ1) is 16.7. The normalized spacial score (nSPS) is 14.1. The van der Waals surface area contributed by atoms with Crippen LogP contribution in [0.4, 0.5) is 0 Å². The molecule has 1 aromatic heterocycles. The van der Waals surface area contributed by atoms with Crippen molar-refractivity contribution in [2.45, 2.75) is 38.9 Å². The highest BCUT2D eigenvalue weighted by Gasteiger charge is 2.35. The summed E-state index contributed by atoms with van der Waals surface area (Å²) in [6.07, 6.45) is 0. The lowest BCUT2D eigenvalue weighted by atomic mass is 9.82. The molecule has 1 aliphatic rings. The third-order valence-corrected chi connectivity index (χ3v) is 9.72. The minimum Gasteiger partial charge on any atom is -0.248 e. The van der Waals surface area contributed by atoms with Gasteiger partial charge in [-0.25, -0.2) is 4.98 Å². The Balaban J connectivity index is 1.40. The molecule has 0 fully saturated rings. The van der Waals surface area contributed by atoms with E-state index in [1.807, 2.05) is 0 Å². The average molecular weight is 470 g/mol. The monoisotopic (exact) mass is 469 g/mol. The number of pyridine rings is 1. The number of hydrogen-bond acceptors (Lipinski definition) is 1. The van der Waals surface area contributed by atoms with Gasteiger partial charge >= 0.3 is 0 Å². The van der Waals surface area contributed by atoms with Gasteiger partial charge in [0.25, 0.3) is 0 Å². The Labute approximate surface area is 209 Å². The Morgan fingerprint density at radius 3 is 2.03 bits per heavy atom. The molecule has 0 N–H and O–H groups in total. The summed E-state index contributed by atoms with van der Waals surface area (Å²) in [5, 5.41) is 2.66. The Bertz CT molecular complexity index is 1590. The summed E-state index contributed by atoms with van der Waals surface area (Å²) in [5.74, 6) is 0. The molecule has 0 radical (unpaired) electrons. The summed E-state index contributed by atoms with van der Waals surface area (Å²) >= 11 is 0.